The van der Waals surface area contributed by atoms with E-state index in [1.807, 2.05) is 18.2 Å². The second kappa shape index (κ2) is 6.67. The van der Waals surface area contributed by atoms with Crippen LogP contribution in [0.1, 0.15) is 11.1 Å². The predicted octanol–water partition coefficient (Wildman–Crippen LogP) is 4.00. The maximum absolute atomic E-state index is 5.91. The lowest BCUT2D eigenvalue weighted by molar-refractivity contribution is -0.114. The molecule has 23 heavy (non-hydrogen) atoms. The molecule has 0 unspecified atom stereocenters. The number of benzene rings is 1. The lowest BCUT2D eigenvalue weighted by atomic mass is 10.0. The minimum atomic E-state index is -1.50. The number of hydrogen-bond donors (Lipinski definition) is 0. The van der Waals surface area contributed by atoms with E-state index in [4.69, 9.17) is 9.47 Å². The van der Waals surface area contributed by atoms with Crippen LogP contribution >= 0.6 is 0 Å². The van der Waals surface area contributed by atoms with Crippen molar-refractivity contribution in [2.45, 2.75) is 45.1 Å². The minimum Gasteiger partial charge on any atom is -0.334 e. The van der Waals surface area contributed by atoms with E-state index in [9.17, 15) is 0 Å². The summed E-state index contributed by atoms with van der Waals surface area (Å²) in [5.41, 5.74) is 8.74. The number of ether oxygens (including phenoxy) is 2. The maximum atomic E-state index is 5.91. The van der Waals surface area contributed by atoms with Crippen LogP contribution in [0.5, 0.6) is 0 Å². The fraction of sp³-hybridized carbons (Fsp3) is 0.474. The first-order valence-electron chi connectivity index (χ1n) is 8.06. The maximum Gasteiger partial charge on any atom is 0.260 e. The topological polar surface area (TPSA) is 18.5 Å². The van der Waals surface area contributed by atoms with Crippen molar-refractivity contribution in [2.75, 3.05) is 13.2 Å². The molecule has 1 aliphatic rings. The van der Waals surface area contributed by atoms with Crippen molar-refractivity contribution in [3.8, 4) is 22.9 Å². The molecule has 0 aromatic heterocycles. The Bertz CT molecular complexity index is 682. The van der Waals surface area contributed by atoms with Crippen LogP contribution in [-0.2, 0) is 15.3 Å². The summed E-state index contributed by atoms with van der Waals surface area (Å²) < 4.78 is 11.8. The van der Waals surface area contributed by atoms with Crippen molar-refractivity contribution >= 4 is 16.1 Å². The van der Waals surface area contributed by atoms with Gasteiger partial charge in [-0.25, -0.2) is 0 Å². The van der Waals surface area contributed by atoms with Crippen LogP contribution in [0.3, 0.4) is 0 Å². The van der Waals surface area contributed by atoms with E-state index >= 15 is 0 Å². The first-order valence-corrected chi connectivity index (χ1v) is 15.1. The summed E-state index contributed by atoms with van der Waals surface area (Å²) in [7, 11) is -2.90. The van der Waals surface area contributed by atoms with Crippen LogP contribution in [0.2, 0.25) is 39.3 Å². The summed E-state index contributed by atoms with van der Waals surface area (Å²) in [4.78, 5) is 0. The smallest absolute Gasteiger partial charge is 0.260 e. The van der Waals surface area contributed by atoms with Crippen LogP contribution in [0.25, 0.3) is 0 Å². The van der Waals surface area contributed by atoms with Crippen LogP contribution in [0.4, 0.5) is 0 Å². The normalized spacial score (nSPS) is 17.0. The van der Waals surface area contributed by atoms with Crippen molar-refractivity contribution in [1.29, 1.82) is 0 Å². The largest absolute Gasteiger partial charge is 0.334 e. The molecule has 1 aromatic carbocycles. The Morgan fingerprint density at radius 3 is 2.09 bits per heavy atom. The molecule has 0 amide bonds. The predicted molar refractivity (Wildman–Crippen MR) is 101 cm³/mol. The van der Waals surface area contributed by atoms with Gasteiger partial charge in [0.2, 0.25) is 0 Å². The van der Waals surface area contributed by atoms with Gasteiger partial charge in [0.25, 0.3) is 5.79 Å². The highest BCUT2D eigenvalue weighted by atomic mass is 28.3. The third-order valence-corrected chi connectivity index (χ3v) is 4.87. The summed E-state index contributed by atoms with van der Waals surface area (Å²) in [5, 5.41) is 0. The second-order valence-electron chi connectivity index (χ2n) is 7.89. The van der Waals surface area contributed by atoms with E-state index in [0.29, 0.717) is 13.2 Å². The highest BCUT2D eigenvalue weighted by Crippen LogP contribution is 2.31. The third kappa shape index (κ3) is 5.37. The molecule has 1 saturated heterocycles. The molecule has 1 heterocycles. The highest BCUT2D eigenvalue weighted by Gasteiger charge is 2.37. The first-order chi connectivity index (χ1) is 10.6. The molecule has 1 fully saturated rings. The average molecular weight is 343 g/mol. The first kappa shape index (κ1) is 18.0. The molecule has 1 aromatic rings. The molecular formula is C19H26O2Si2. The Kier molecular flexibility index (Phi) is 5.23. The molecule has 1 aliphatic heterocycles. The van der Waals surface area contributed by atoms with E-state index in [2.05, 4.69) is 68.3 Å². The van der Waals surface area contributed by atoms with E-state index in [-0.39, 0.29) is 0 Å². The molecule has 4 heteroatoms. The minimum absolute atomic E-state index is 0.575. The zero-order chi connectivity index (χ0) is 17.1. The molecule has 0 N–H and O–H groups in total. The van der Waals surface area contributed by atoms with Crippen molar-refractivity contribution in [3.05, 3.63) is 35.4 Å². The summed E-state index contributed by atoms with van der Waals surface area (Å²) >= 11 is 0. The Morgan fingerprint density at radius 2 is 1.52 bits per heavy atom. The van der Waals surface area contributed by atoms with E-state index < -0.39 is 21.9 Å². The van der Waals surface area contributed by atoms with Crippen LogP contribution in [-0.4, -0.2) is 29.4 Å². The van der Waals surface area contributed by atoms with Crippen molar-refractivity contribution in [2.24, 2.45) is 0 Å². The third-order valence-electron chi connectivity index (χ3n) is 3.12. The molecule has 0 spiro atoms. The van der Waals surface area contributed by atoms with Crippen molar-refractivity contribution in [1.82, 2.24) is 0 Å². The van der Waals surface area contributed by atoms with E-state index in [1.165, 1.54) is 0 Å². The summed E-state index contributed by atoms with van der Waals surface area (Å²) in [6.07, 6.45) is 0. The van der Waals surface area contributed by atoms with Crippen LogP contribution < -0.4 is 0 Å². The van der Waals surface area contributed by atoms with Crippen LogP contribution in [0, 0.1) is 22.9 Å². The molecule has 0 aliphatic carbocycles. The summed E-state index contributed by atoms with van der Waals surface area (Å²) in [6.45, 7) is 14.5. The molecule has 122 valence electrons. The number of hydrogen-bond acceptors (Lipinski definition) is 2. The number of rotatable bonds is 1. The molecule has 2 nitrogen and oxygen atoms in total. The Hall–Kier alpha value is -1.31. The van der Waals surface area contributed by atoms with Crippen molar-refractivity contribution < 1.29 is 9.47 Å². The zero-order valence-corrected chi connectivity index (χ0v) is 17.0. The molecular weight excluding hydrogens is 316 g/mol. The summed E-state index contributed by atoms with van der Waals surface area (Å²) in [6, 6.07) is 8.11. The highest BCUT2D eigenvalue weighted by molar-refractivity contribution is 6.84. The van der Waals surface area contributed by atoms with Gasteiger partial charge < -0.3 is 9.47 Å². The van der Waals surface area contributed by atoms with Gasteiger partial charge >= 0.3 is 0 Å². The Labute approximate surface area is 142 Å². The molecule has 0 saturated carbocycles. The second-order valence-corrected chi connectivity index (χ2v) is 17.4. The Balaban J connectivity index is 2.40. The van der Waals surface area contributed by atoms with Crippen molar-refractivity contribution in [3.63, 3.8) is 0 Å². The lowest BCUT2D eigenvalue weighted by Gasteiger charge is -2.22. The van der Waals surface area contributed by atoms with Gasteiger partial charge in [-0.05, 0) is 18.1 Å². The fourth-order valence-corrected chi connectivity index (χ4v) is 3.11. The van der Waals surface area contributed by atoms with Gasteiger partial charge in [-0.15, -0.1) is 11.1 Å². The average Bonchev–Trinajstić information content (AvgIpc) is 2.92. The SMILES string of the molecule is C[Si](C)(C)C#Cc1cccc(C2(C#C[Si](C)(C)C)OCCO2)c1. The lowest BCUT2D eigenvalue weighted by Crippen LogP contribution is -2.27. The summed E-state index contributed by atoms with van der Waals surface area (Å²) in [5.74, 6) is 5.66. The van der Waals surface area contributed by atoms with Crippen LogP contribution in [0.15, 0.2) is 24.3 Å². The monoisotopic (exact) mass is 342 g/mol. The van der Waals surface area contributed by atoms with Gasteiger partial charge in [0.05, 0.1) is 13.2 Å². The standard InChI is InChI=1S/C19H26O2Si2/c1-22(2,3)14-10-17-8-7-9-18(16-17)19(20-12-13-21-19)11-15-23(4,5)6/h7-9,16H,12-13H2,1-6H3. The van der Waals surface area contributed by atoms with Gasteiger partial charge in [-0.1, -0.05) is 57.3 Å². The quantitative estimate of drug-likeness (QED) is 0.567. The van der Waals surface area contributed by atoms with E-state index in [1.54, 1.807) is 0 Å². The van der Waals surface area contributed by atoms with Gasteiger partial charge in [-0.3, -0.25) is 0 Å². The molecule has 0 atom stereocenters. The molecule has 0 radical (unpaired) electrons. The fourth-order valence-electron chi connectivity index (χ4n) is 2.05. The van der Waals surface area contributed by atoms with Gasteiger partial charge in [-0.2, -0.15) is 0 Å². The van der Waals surface area contributed by atoms with Gasteiger partial charge in [0, 0.05) is 11.1 Å². The Morgan fingerprint density at radius 1 is 0.913 bits per heavy atom. The van der Waals surface area contributed by atoms with Gasteiger partial charge in [0.1, 0.15) is 16.1 Å². The van der Waals surface area contributed by atoms with E-state index in [0.717, 1.165) is 11.1 Å². The zero-order valence-electron chi connectivity index (χ0n) is 15.0. The van der Waals surface area contributed by atoms with Gasteiger partial charge in [0.15, 0.2) is 0 Å². The molecule has 2 rings (SSSR count). The molecule has 0 bridgehead atoms.